The molecule has 2 aliphatic heterocycles. The van der Waals surface area contributed by atoms with Gasteiger partial charge in [0.2, 0.25) is 5.91 Å². The third-order valence-electron chi connectivity index (χ3n) is 5.32. The number of amides is 2. The molecule has 3 rings (SSSR count). The Morgan fingerprint density at radius 3 is 2.40 bits per heavy atom. The van der Waals surface area contributed by atoms with Gasteiger partial charge < -0.3 is 19.9 Å². The predicted molar refractivity (Wildman–Crippen MR) is 109 cm³/mol. The van der Waals surface area contributed by atoms with E-state index in [1.807, 2.05) is 7.05 Å². The second-order valence-corrected chi connectivity index (χ2v) is 8.98. The summed E-state index contributed by atoms with van der Waals surface area (Å²) in [5.74, 6) is -1.51. The van der Waals surface area contributed by atoms with Gasteiger partial charge in [-0.25, -0.2) is 13.6 Å². The van der Waals surface area contributed by atoms with E-state index < -0.39 is 29.4 Å². The third kappa shape index (κ3) is 5.38. The van der Waals surface area contributed by atoms with Gasteiger partial charge in [0.05, 0.1) is 5.69 Å². The summed E-state index contributed by atoms with van der Waals surface area (Å²) in [7, 11) is 2.00. The normalized spacial score (nSPS) is 22.9. The highest BCUT2D eigenvalue weighted by atomic mass is 19.1. The van der Waals surface area contributed by atoms with Gasteiger partial charge in [0, 0.05) is 44.8 Å². The number of rotatable bonds is 3. The van der Waals surface area contributed by atoms with Crippen molar-refractivity contribution >= 4 is 17.7 Å². The molecule has 7 nitrogen and oxygen atoms in total. The minimum atomic E-state index is -0.715. The minimum absolute atomic E-state index is 0.127. The lowest BCUT2D eigenvalue weighted by Crippen LogP contribution is -2.54. The number of likely N-dealkylation sites (tertiary alicyclic amines) is 1. The van der Waals surface area contributed by atoms with Crippen molar-refractivity contribution in [3.05, 3.63) is 29.8 Å². The number of hydrogen-bond donors (Lipinski definition) is 1. The average Bonchev–Trinajstić information content (AvgIpc) is 3.07. The van der Waals surface area contributed by atoms with Gasteiger partial charge >= 0.3 is 6.09 Å². The summed E-state index contributed by atoms with van der Waals surface area (Å²) in [6.45, 7) is 8.22. The van der Waals surface area contributed by atoms with Crippen molar-refractivity contribution in [3.63, 3.8) is 0 Å². The Labute approximate surface area is 175 Å². The standard InChI is InChI=1S/C21H30F2N4O3/c1-21(2,3)30-20(29)27-13-15(24-17-6-5-14(22)11-16(17)23)12-18(27)19(28)26-9-7-25(4)8-10-26/h5-6,11,15,18,24H,7-10,12-13H2,1-4H3/t15-,18?/m0/s1. The van der Waals surface area contributed by atoms with Crippen LogP contribution in [0.3, 0.4) is 0 Å². The van der Waals surface area contributed by atoms with Crippen molar-refractivity contribution in [2.24, 2.45) is 0 Å². The van der Waals surface area contributed by atoms with Crippen LogP contribution in [-0.4, -0.2) is 84.2 Å². The van der Waals surface area contributed by atoms with Gasteiger partial charge in [-0.3, -0.25) is 9.69 Å². The van der Waals surface area contributed by atoms with E-state index >= 15 is 0 Å². The summed E-state index contributed by atoms with van der Waals surface area (Å²) in [4.78, 5) is 31.3. The zero-order chi connectivity index (χ0) is 22.1. The maximum absolute atomic E-state index is 14.1. The first kappa shape index (κ1) is 22.3. The van der Waals surface area contributed by atoms with Crippen LogP contribution < -0.4 is 5.32 Å². The molecule has 9 heteroatoms. The zero-order valence-corrected chi connectivity index (χ0v) is 18.0. The van der Waals surface area contributed by atoms with Crippen LogP contribution in [0.1, 0.15) is 27.2 Å². The van der Waals surface area contributed by atoms with E-state index in [1.165, 1.54) is 17.0 Å². The molecule has 1 aromatic rings. The predicted octanol–water partition coefficient (Wildman–Crippen LogP) is 2.53. The van der Waals surface area contributed by atoms with Crippen LogP contribution in [0, 0.1) is 11.6 Å². The van der Waals surface area contributed by atoms with E-state index in [0.29, 0.717) is 19.5 Å². The molecule has 0 spiro atoms. The third-order valence-corrected chi connectivity index (χ3v) is 5.32. The number of benzene rings is 1. The molecule has 0 aliphatic carbocycles. The first-order chi connectivity index (χ1) is 14.0. The summed E-state index contributed by atoms with van der Waals surface area (Å²) in [6, 6.07) is 2.23. The molecule has 1 unspecified atom stereocenters. The van der Waals surface area contributed by atoms with Crippen molar-refractivity contribution in [1.29, 1.82) is 0 Å². The fraction of sp³-hybridized carbons (Fsp3) is 0.619. The highest BCUT2D eigenvalue weighted by Crippen LogP contribution is 2.27. The molecule has 0 saturated carbocycles. The van der Waals surface area contributed by atoms with Gasteiger partial charge in [0.15, 0.2) is 0 Å². The number of anilines is 1. The fourth-order valence-electron chi connectivity index (χ4n) is 3.76. The lowest BCUT2D eigenvalue weighted by molar-refractivity contribution is -0.137. The Balaban J connectivity index is 1.76. The largest absolute Gasteiger partial charge is 0.444 e. The van der Waals surface area contributed by atoms with Crippen molar-refractivity contribution in [2.45, 2.75) is 44.9 Å². The Bertz CT molecular complexity index is 791. The lowest BCUT2D eigenvalue weighted by atomic mass is 10.1. The number of halogens is 2. The Hall–Kier alpha value is -2.42. The zero-order valence-electron chi connectivity index (χ0n) is 18.0. The molecule has 1 N–H and O–H groups in total. The summed E-state index contributed by atoms with van der Waals surface area (Å²) in [5.41, 5.74) is -0.564. The molecule has 2 aliphatic rings. The van der Waals surface area contributed by atoms with Crippen LogP contribution >= 0.6 is 0 Å². The molecule has 2 fully saturated rings. The molecule has 1 aromatic carbocycles. The van der Waals surface area contributed by atoms with Crippen molar-refractivity contribution in [2.75, 3.05) is 45.1 Å². The molecule has 2 saturated heterocycles. The van der Waals surface area contributed by atoms with E-state index in [1.54, 1.807) is 25.7 Å². The van der Waals surface area contributed by atoms with Crippen molar-refractivity contribution in [3.8, 4) is 0 Å². The molecular weight excluding hydrogens is 394 g/mol. The van der Waals surface area contributed by atoms with Gasteiger partial charge in [0.25, 0.3) is 0 Å². The summed E-state index contributed by atoms with van der Waals surface area (Å²) in [6.07, 6.45) is -0.250. The smallest absolute Gasteiger partial charge is 0.411 e. The van der Waals surface area contributed by atoms with Gasteiger partial charge in [-0.05, 0) is 46.4 Å². The fourth-order valence-corrected chi connectivity index (χ4v) is 3.76. The number of carbonyl (C=O) groups is 2. The molecule has 166 valence electrons. The van der Waals surface area contributed by atoms with Crippen LogP contribution in [0.25, 0.3) is 0 Å². The Morgan fingerprint density at radius 1 is 1.13 bits per heavy atom. The monoisotopic (exact) mass is 424 g/mol. The van der Waals surface area contributed by atoms with Crippen LogP contribution in [0.4, 0.5) is 19.3 Å². The van der Waals surface area contributed by atoms with E-state index in [4.69, 9.17) is 4.74 Å². The maximum Gasteiger partial charge on any atom is 0.411 e. The Morgan fingerprint density at radius 2 is 1.80 bits per heavy atom. The van der Waals surface area contributed by atoms with Crippen LogP contribution in [0.5, 0.6) is 0 Å². The molecule has 0 radical (unpaired) electrons. The van der Waals surface area contributed by atoms with Gasteiger partial charge in [-0.1, -0.05) is 0 Å². The van der Waals surface area contributed by atoms with E-state index in [0.717, 1.165) is 19.2 Å². The van der Waals surface area contributed by atoms with E-state index in [9.17, 15) is 18.4 Å². The number of carbonyl (C=O) groups excluding carboxylic acids is 2. The molecule has 2 atom stereocenters. The highest BCUT2D eigenvalue weighted by molar-refractivity contribution is 5.87. The number of hydrogen-bond acceptors (Lipinski definition) is 5. The molecule has 0 bridgehead atoms. The molecule has 2 heterocycles. The first-order valence-electron chi connectivity index (χ1n) is 10.2. The maximum atomic E-state index is 14.1. The SMILES string of the molecule is CN1CCN(C(=O)C2C[C@H](Nc3ccc(F)cc3F)CN2C(=O)OC(C)(C)C)CC1. The number of nitrogens with zero attached hydrogens (tertiary/aromatic N) is 3. The molecule has 2 amide bonds. The summed E-state index contributed by atoms with van der Waals surface area (Å²) < 4.78 is 32.8. The second kappa shape index (κ2) is 8.75. The Kier molecular flexibility index (Phi) is 6.50. The number of nitrogens with one attached hydrogen (secondary N) is 1. The van der Waals surface area contributed by atoms with Crippen LogP contribution in [0.2, 0.25) is 0 Å². The molecule has 30 heavy (non-hydrogen) atoms. The van der Waals surface area contributed by atoms with E-state index in [-0.39, 0.29) is 24.2 Å². The van der Waals surface area contributed by atoms with Crippen molar-refractivity contribution < 1.29 is 23.1 Å². The number of ether oxygens (including phenoxy) is 1. The molecule has 0 aromatic heterocycles. The average molecular weight is 424 g/mol. The molecular formula is C21H30F2N4O3. The summed E-state index contributed by atoms with van der Waals surface area (Å²) in [5, 5.41) is 3.01. The van der Waals surface area contributed by atoms with Crippen LogP contribution in [0.15, 0.2) is 18.2 Å². The summed E-state index contributed by atoms with van der Waals surface area (Å²) >= 11 is 0. The highest BCUT2D eigenvalue weighted by Gasteiger charge is 2.43. The van der Waals surface area contributed by atoms with Crippen molar-refractivity contribution in [1.82, 2.24) is 14.7 Å². The first-order valence-corrected chi connectivity index (χ1v) is 10.2. The van der Waals surface area contributed by atoms with E-state index in [2.05, 4.69) is 10.2 Å². The number of likely N-dealkylation sites (N-methyl/N-ethyl adjacent to an activating group) is 1. The van der Waals surface area contributed by atoms with Gasteiger partial charge in [0.1, 0.15) is 23.3 Å². The minimum Gasteiger partial charge on any atom is -0.444 e. The van der Waals surface area contributed by atoms with Gasteiger partial charge in [-0.2, -0.15) is 0 Å². The van der Waals surface area contributed by atoms with Crippen LogP contribution in [-0.2, 0) is 9.53 Å². The quantitative estimate of drug-likeness (QED) is 0.808. The van der Waals surface area contributed by atoms with Gasteiger partial charge in [-0.15, -0.1) is 0 Å². The lowest BCUT2D eigenvalue weighted by Gasteiger charge is -2.36. The number of piperazine rings is 1. The topological polar surface area (TPSA) is 65.1 Å². The second-order valence-electron chi connectivity index (χ2n) is 8.98.